The number of aromatic amines is 1. The number of nitrogens with zero attached hydrogens (tertiary/aromatic N) is 6. The number of hydrogen-bond acceptors (Lipinski definition) is 6. The van der Waals surface area contributed by atoms with E-state index in [-0.39, 0.29) is 5.89 Å². The van der Waals surface area contributed by atoms with Gasteiger partial charge in [-0.15, -0.1) is 15.3 Å². The molecular weight excluding hydrogens is 471 g/mol. The van der Waals surface area contributed by atoms with E-state index in [1.165, 1.54) is 23.8 Å². The lowest BCUT2D eigenvalue weighted by atomic mass is 10.1. The molecule has 0 spiro atoms. The zero-order valence-corrected chi connectivity index (χ0v) is 19.2. The van der Waals surface area contributed by atoms with Crippen molar-refractivity contribution in [2.24, 2.45) is 0 Å². The Morgan fingerprint density at radius 3 is 2.44 bits per heavy atom. The molecule has 8 nitrogen and oxygen atoms in total. The maximum atomic E-state index is 12.7. The van der Waals surface area contributed by atoms with E-state index >= 15 is 0 Å². The summed E-state index contributed by atoms with van der Waals surface area (Å²) < 4.78 is 44.5. The summed E-state index contributed by atoms with van der Waals surface area (Å²) in [5.41, 5.74) is 5.41. The zero-order valence-electron chi connectivity index (χ0n) is 19.2. The molecule has 36 heavy (non-hydrogen) atoms. The first-order chi connectivity index (χ1) is 17.4. The molecule has 0 unspecified atom stereocenters. The fourth-order valence-corrected chi connectivity index (χ4v) is 4.56. The van der Waals surface area contributed by atoms with E-state index < -0.39 is 12.1 Å². The standard InChI is InChI=1S/C25H22F3N7O/c26-25(27,28)24-32-31-23(36-24)17-5-3-16(4-6-17)13-35-15-22(30-33-35)18-7-8-20-19(12-29-21(20)11-18)14-34-9-1-2-10-34/h3-8,11-12,15,29H,1-2,9-10,13-14H2. The Kier molecular flexibility index (Phi) is 5.56. The van der Waals surface area contributed by atoms with Gasteiger partial charge in [-0.25, -0.2) is 4.68 Å². The van der Waals surface area contributed by atoms with Gasteiger partial charge in [0.05, 0.1) is 12.7 Å². The van der Waals surface area contributed by atoms with Crippen molar-refractivity contribution in [3.8, 4) is 22.7 Å². The van der Waals surface area contributed by atoms with Gasteiger partial charge in [0.15, 0.2) is 0 Å². The van der Waals surface area contributed by atoms with Gasteiger partial charge in [-0.3, -0.25) is 4.90 Å². The smallest absolute Gasteiger partial charge is 0.413 e. The average molecular weight is 493 g/mol. The van der Waals surface area contributed by atoms with Crippen LogP contribution in [-0.4, -0.2) is 48.2 Å². The highest BCUT2D eigenvalue weighted by Crippen LogP contribution is 2.30. The second-order valence-corrected chi connectivity index (χ2v) is 8.97. The normalized spacial score (nSPS) is 14.8. The van der Waals surface area contributed by atoms with E-state index in [1.54, 1.807) is 28.9 Å². The fourth-order valence-electron chi connectivity index (χ4n) is 4.56. The molecule has 0 saturated carbocycles. The van der Waals surface area contributed by atoms with Crippen LogP contribution in [0.15, 0.2) is 59.3 Å². The first-order valence-corrected chi connectivity index (χ1v) is 11.7. The highest BCUT2D eigenvalue weighted by atomic mass is 19.4. The molecule has 0 bridgehead atoms. The van der Waals surface area contributed by atoms with Crippen molar-refractivity contribution in [1.29, 1.82) is 0 Å². The van der Waals surface area contributed by atoms with Gasteiger partial charge in [0, 0.05) is 34.8 Å². The second-order valence-electron chi connectivity index (χ2n) is 8.97. The largest absolute Gasteiger partial charge is 0.470 e. The van der Waals surface area contributed by atoms with Crippen LogP contribution < -0.4 is 0 Å². The number of rotatable bonds is 6. The van der Waals surface area contributed by atoms with Gasteiger partial charge in [0.25, 0.3) is 0 Å². The van der Waals surface area contributed by atoms with Gasteiger partial charge in [0.1, 0.15) is 5.69 Å². The zero-order chi connectivity index (χ0) is 24.7. The molecule has 0 atom stereocenters. The number of fused-ring (bicyclic) bond motifs is 1. The van der Waals surface area contributed by atoms with Crippen LogP contribution in [0.1, 0.15) is 29.9 Å². The molecule has 5 aromatic rings. The van der Waals surface area contributed by atoms with E-state index in [2.05, 4.69) is 54.8 Å². The number of alkyl halides is 3. The van der Waals surface area contributed by atoms with Gasteiger partial charge in [-0.1, -0.05) is 29.5 Å². The van der Waals surface area contributed by atoms with Crippen LogP contribution in [0.3, 0.4) is 0 Å². The molecule has 184 valence electrons. The Bertz CT molecular complexity index is 1490. The average Bonchev–Trinajstić information content (AvgIpc) is 3.67. The number of likely N-dealkylation sites (tertiary alicyclic amines) is 1. The Labute approximate surface area is 203 Å². The molecule has 0 radical (unpaired) electrons. The number of H-pyrrole nitrogens is 1. The van der Waals surface area contributed by atoms with Crippen LogP contribution in [0.4, 0.5) is 13.2 Å². The Morgan fingerprint density at radius 2 is 1.69 bits per heavy atom. The van der Waals surface area contributed by atoms with Crippen LogP contribution in [0.25, 0.3) is 33.6 Å². The lowest BCUT2D eigenvalue weighted by Gasteiger charge is -2.13. The summed E-state index contributed by atoms with van der Waals surface area (Å²) in [5, 5.41) is 16.3. The van der Waals surface area contributed by atoms with Crippen LogP contribution >= 0.6 is 0 Å². The van der Waals surface area contributed by atoms with Crippen molar-refractivity contribution < 1.29 is 17.6 Å². The minimum atomic E-state index is -4.67. The van der Waals surface area contributed by atoms with Crippen LogP contribution in [-0.2, 0) is 19.3 Å². The van der Waals surface area contributed by atoms with Crippen molar-refractivity contribution >= 4 is 10.9 Å². The maximum Gasteiger partial charge on any atom is 0.470 e. The molecule has 11 heteroatoms. The number of aromatic nitrogens is 6. The Hall–Kier alpha value is -3.99. The molecule has 1 fully saturated rings. The third-order valence-corrected chi connectivity index (χ3v) is 6.41. The molecule has 1 N–H and O–H groups in total. The first-order valence-electron chi connectivity index (χ1n) is 11.7. The van der Waals surface area contributed by atoms with E-state index in [1.807, 2.05) is 6.20 Å². The van der Waals surface area contributed by atoms with E-state index in [0.29, 0.717) is 12.1 Å². The van der Waals surface area contributed by atoms with Crippen molar-refractivity contribution in [3.63, 3.8) is 0 Å². The summed E-state index contributed by atoms with van der Waals surface area (Å²) in [7, 11) is 0. The summed E-state index contributed by atoms with van der Waals surface area (Å²) in [6, 6.07) is 13.1. The van der Waals surface area contributed by atoms with E-state index in [0.717, 1.165) is 42.0 Å². The fraction of sp³-hybridized carbons (Fsp3) is 0.280. The van der Waals surface area contributed by atoms with Crippen molar-refractivity contribution in [2.75, 3.05) is 13.1 Å². The second kappa shape index (κ2) is 8.90. The predicted molar refractivity (Wildman–Crippen MR) is 126 cm³/mol. The molecule has 6 rings (SSSR count). The van der Waals surface area contributed by atoms with Crippen molar-refractivity contribution in [3.05, 3.63) is 71.9 Å². The van der Waals surface area contributed by atoms with E-state index in [9.17, 15) is 13.2 Å². The number of halogens is 3. The van der Waals surface area contributed by atoms with Crippen molar-refractivity contribution in [2.45, 2.75) is 32.1 Å². The first kappa shape index (κ1) is 22.5. The van der Waals surface area contributed by atoms with Crippen LogP contribution in [0.2, 0.25) is 0 Å². The maximum absolute atomic E-state index is 12.7. The van der Waals surface area contributed by atoms with Gasteiger partial charge < -0.3 is 9.40 Å². The van der Waals surface area contributed by atoms with Gasteiger partial charge >= 0.3 is 12.1 Å². The summed E-state index contributed by atoms with van der Waals surface area (Å²) >= 11 is 0. The molecule has 1 saturated heterocycles. The number of hydrogen-bond donors (Lipinski definition) is 1. The highest BCUT2D eigenvalue weighted by molar-refractivity contribution is 5.87. The quantitative estimate of drug-likeness (QED) is 0.352. The predicted octanol–water partition coefficient (Wildman–Crippen LogP) is 5.14. The third-order valence-electron chi connectivity index (χ3n) is 6.41. The monoisotopic (exact) mass is 493 g/mol. The van der Waals surface area contributed by atoms with Crippen LogP contribution in [0.5, 0.6) is 0 Å². The SMILES string of the molecule is FC(F)(F)c1nnc(-c2ccc(Cn3cc(-c4ccc5c(CN6CCCC6)c[nH]c5c4)nn3)cc2)o1. The lowest BCUT2D eigenvalue weighted by Crippen LogP contribution is -2.17. The topological polar surface area (TPSA) is 88.7 Å². The molecule has 3 aromatic heterocycles. The Balaban J connectivity index is 1.15. The molecule has 4 heterocycles. The minimum absolute atomic E-state index is 0.180. The molecule has 0 aliphatic carbocycles. The summed E-state index contributed by atoms with van der Waals surface area (Å²) in [5.74, 6) is -1.54. The molecular formula is C25H22F3N7O. The van der Waals surface area contributed by atoms with Gasteiger partial charge in [-0.05, 0) is 55.3 Å². The van der Waals surface area contributed by atoms with E-state index in [4.69, 9.17) is 4.42 Å². The third kappa shape index (κ3) is 4.49. The van der Waals surface area contributed by atoms with Gasteiger partial charge in [-0.2, -0.15) is 13.2 Å². The minimum Gasteiger partial charge on any atom is -0.413 e. The number of nitrogens with one attached hydrogen (secondary N) is 1. The lowest BCUT2D eigenvalue weighted by molar-refractivity contribution is -0.156. The molecule has 1 aliphatic rings. The highest BCUT2D eigenvalue weighted by Gasteiger charge is 2.38. The number of benzene rings is 2. The van der Waals surface area contributed by atoms with Crippen LogP contribution in [0, 0.1) is 0 Å². The summed E-state index contributed by atoms with van der Waals surface area (Å²) in [6.07, 6.45) is 1.83. The molecule has 1 aliphatic heterocycles. The summed E-state index contributed by atoms with van der Waals surface area (Å²) in [4.78, 5) is 5.87. The molecule has 2 aromatic carbocycles. The summed E-state index contributed by atoms with van der Waals surface area (Å²) in [6.45, 7) is 3.74. The van der Waals surface area contributed by atoms with Crippen molar-refractivity contribution in [1.82, 2.24) is 35.1 Å². The molecule has 0 amide bonds. The Morgan fingerprint density at radius 1 is 0.917 bits per heavy atom. The van der Waals surface area contributed by atoms with Gasteiger partial charge in [0.2, 0.25) is 5.89 Å².